The molecular weight excluding hydrogens is 290 g/mol. The van der Waals surface area contributed by atoms with E-state index in [1.165, 1.54) is 30.9 Å². The molecule has 2 heterocycles. The van der Waals surface area contributed by atoms with Crippen molar-refractivity contribution >= 4 is 16.9 Å². The van der Waals surface area contributed by atoms with Gasteiger partial charge in [-0.25, -0.2) is 4.79 Å². The maximum absolute atomic E-state index is 11.6. The zero-order valence-corrected chi connectivity index (χ0v) is 13.7. The van der Waals surface area contributed by atoms with Gasteiger partial charge in [-0.05, 0) is 69.1 Å². The van der Waals surface area contributed by atoms with Gasteiger partial charge in [-0.1, -0.05) is 6.07 Å². The topological polar surface area (TPSA) is 71.3 Å². The Kier molecular flexibility index (Phi) is 4.98. The van der Waals surface area contributed by atoms with Crippen LogP contribution in [-0.2, 0) is 4.74 Å². The first kappa shape index (κ1) is 16.0. The number of piperidine rings is 1. The van der Waals surface area contributed by atoms with E-state index in [2.05, 4.69) is 16.1 Å². The fourth-order valence-corrected chi connectivity index (χ4v) is 3.51. The molecule has 3 N–H and O–H groups in total. The number of carbonyl (C=O) groups excluding carboxylic acids is 1. The maximum Gasteiger partial charge on any atom is 0.337 e. The zero-order valence-electron chi connectivity index (χ0n) is 13.7. The van der Waals surface area contributed by atoms with Gasteiger partial charge in [0.2, 0.25) is 0 Å². The number of H-pyrrole nitrogens is 1. The number of hydrogen-bond acceptors (Lipinski definition) is 4. The minimum Gasteiger partial charge on any atom is -0.465 e. The predicted octanol–water partition coefficient (Wildman–Crippen LogP) is 2.48. The van der Waals surface area contributed by atoms with E-state index in [1.54, 1.807) is 0 Å². The Bertz CT molecular complexity index is 672. The third-order valence-corrected chi connectivity index (χ3v) is 4.84. The van der Waals surface area contributed by atoms with Crippen LogP contribution in [0.3, 0.4) is 0 Å². The summed E-state index contributed by atoms with van der Waals surface area (Å²) in [5.41, 5.74) is 8.56. The van der Waals surface area contributed by atoms with E-state index in [4.69, 9.17) is 10.5 Å². The summed E-state index contributed by atoms with van der Waals surface area (Å²) in [4.78, 5) is 17.5. The molecule has 0 unspecified atom stereocenters. The number of fused-ring (bicyclic) bond motifs is 1. The third kappa shape index (κ3) is 3.41. The van der Waals surface area contributed by atoms with Crippen LogP contribution in [0.1, 0.15) is 41.1 Å². The normalized spacial score (nSPS) is 16.8. The fourth-order valence-electron chi connectivity index (χ4n) is 3.51. The van der Waals surface area contributed by atoms with Crippen molar-refractivity contribution < 1.29 is 9.53 Å². The molecule has 0 radical (unpaired) electrons. The van der Waals surface area contributed by atoms with Gasteiger partial charge < -0.3 is 20.4 Å². The van der Waals surface area contributed by atoms with Crippen molar-refractivity contribution in [2.24, 2.45) is 5.73 Å². The van der Waals surface area contributed by atoms with Crippen LogP contribution in [0.5, 0.6) is 0 Å². The van der Waals surface area contributed by atoms with Crippen LogP contribution in [0.25, 0.3) is 10.9 Å². The van der Waals surface area contributed by atoms with Crippen molar-refractivity contribution in [1.29, 1.82) is 0 Å². The average Bonchev–Trinajstić information content (AvgIpc) is 3.02. The van der Waals surface area contributed by atoms with Crippen LogP contribution < -0.4 is 5.73 Å². The quantitative estimate of drug-likeness (QED) is 0.832. The fraction of sp³-hybridized carbons (Fsp3) is 0.500. The molecule has 0 aliphatic carbocycles. The molecule has 1 aliphatic rings. The molecule has 0 bridgehead atoms. The average molecular weight is 315 g/mol. The van der Waals surface area contributed by atoms with Crippen LogP contribution in [0.4, 0.5) is 0 Å². The van der Waals surface area contributed by atoms with Crippen LogP contribution in [0.15, 0.2) is 24.4 Å². The lowest BCUT2D eigenvalue weighted by Crippen LogP contribution is -2.34. The summed E-state index contributed by atoms with van der Waals surface area (Å²) in [7, 11) is 1.41. The first-order chi connectivity index (χ1) is 11.2. The Labute approximate surface area is 136 Å². The second-order valence-electron chi connectivity index (χ2n) is 6.25. The molecule has 0 spiro atoms. The third-order valence-electron chi connectivity index (χ3n) is 4.84. The van der Waals surface area contributed by atoms with Crippen molar-refractivity contribution in [2.75, 3.05) is 33.3 Å². The molecule has 5 nitrogen and oxygen atoms in total. The molecule has 0 amide bonds. The number of benzene rings is 1. The SMILES string of the molecule is COC(=O)c1ccc2c(C3CCN(CCCN)CC3)c[nH]c2c1. The van der Waals surface area contributed by atoms with E-state index >= 15 is 0 Å². The summed E-state index contributed by atoms with van der Waals surface area (Å²) in [5, 5.41) is 1.22. The largest absolute Gasteiger partial charge is 0.465 e. The lowest BCUT2D eigenvalue weighted by molar-refractivity contribution is 0.0601. The highest BCUT2D eigenvalue weighted by Gasteiger charge is 2.22. The van der Waals surface area contributed by atoms with Crippen LogP contribution in [0, 0.1) is 0 Å². The number of likely N-dealkylation sites (tertiary alicyclic amines) is 1. The van der Waals surface area contributed by atoms with Crippen molar-refractivity contribution in [3.63, 3.8) is 0 Å². The molecule has 1 saturated heterocycles. The molecule has 5 heteroatoms. The van der Waals surface area contributed by atoms with E-state index in [0.29, 0.717) is 11.5 Å². The molecule has 0 atom stereocenters. The van der Waals surface area contributed by atoms with Gasteiger partial charge in [-0.2, -0.15) is 0 Å². The molecular formula is C18H25N3O2. The molecule has 1 fully saturated rings. The number of methoxy groups -OCH3 is 1. The number of rotatable bonds is 5. The zero-order chi connectivity index (χ0) is 16.2. The van der Waals surface area contributed by atoms with E-state index in [1.807, 2.05) is 18.2 Å². The number of aromatic nitrogens is 1. The Morgan fingerprint density at radius 2 is 2.17 bits per heavy atom. The molecule has 3 rings (SSSR count). The number of nitrogens with zero attached hydrogens (tertiary/aromatic N) is 1. The van der Waals surface area contributed by atoms with Crippen molar-refractivity contribution in [3.05, 3.63) is 35.5 Å². The molecule has 124 valence electrons. The van der Waals surface area contributed by atoms with Crippen LogP contribution in [0.2, 0.25) is 0 Å². The molecule has 23 heavy (non-hydrogen) atoms. The first-order valence-corrected chi connectivity index (χ1v) is 8.34. The summed E-state index contributed by atoms with van der Waals surface area (Å²) in [6.45, 7) is 4.15. The van der Waals surface area contributed by atoms with Gasteiger partial charge in [0.05, 0.1) is 12.7 Å². The Hall–Kier alpha value is -1.85. The van der Waals surface area contributed by atoms with Gasteiger partial charge in [0.15, 0.2) is 0 Å². The minimum absolute atomic E-state index is 0.295. The summed E-state index contributed by atoms with van der Waals surface area (Å²) >= 11 is 0. The number of nitrogens with one attached hydrogen (secondary N) is 1. The minimum atomic E-state index is -0.295. The summed E-state index contributed by atoms with van der Waals surface area (Å²) in [6, 6.07) is 5.76. The number of nitrogens with two attached hydrogens (primary N) is 1. The van der Waals surface area contributed by atoms with Gasteiger partial charge >= 0.3 is 5.97 Å². The van der Waals surface area contributed by atoms with Gasteiger partial charge in [0.25, 0.3) is 0 Å². The molecule has 1 aromatic carbocycles. The van der Waals surface area contributed by atoms with Crippen molar-refractivity contribution in [1.82, 2.24) is 9.88 Å². The Morgan fingerprint density at radius 3 is 2.87 bits per heavy atom. The van der Waals surface area contributed by atoms with E-state index < -0.39 is 0 Å². The highest BCUT2D eigenvalue weighted by atomic mass is 16.5. The lowest BCUT2D eigenvalue weighted by atomic mass is 9.89. The molecule has 0 saturated carbocycles. The monoisotopic (exact) mass is 315 g/mol. The van der Waals surface area contributed by atoms with Gasteiger partial charge in [-0.3, -0.25) is 0 Å². The number of carbonyl (C=O) groups is 1. The second-order valence-corrected chi connectivity index (χ2v) is 6.25. The summed E-state index contributed by atoms with van der Waals surface area (Å²) < 4.78 is 4.79. The molecule has 1 aliphatic heterocycles. The molecule has 1 aromatic heterocycles. The van der Waals surface area contributed by atoms with E-state index in [9.17, 15) is 4.79 Å². The van der Waals surface area contributed by atoms with Crippen molar-refractivity contribution in [3.8, 4) is 0 Å². The van der Waals surface area contributed by atoms with E-state index in [-0.39, 0.29) is 5.97 Å². The van der Waals surface area contributed by atoms with Gasteiger partial charge in [0, 0.05) is 17.1 Å². The standard InChI is InChI=1S/C18H25N3O2/c1-23-18(22)14-3-4-15-16(12-20-17(15)11-14)13-5-9-21(10-6-13)8-2-7-19/h3-4,11-13,20H,2,5-10,19H2,1H3. The van der Waals surface area contributed by atoms with Crippen molar-refractivity contribution in [2.45, 2.75) is 25.2 Å². The maximum atomic E-state index is 11.6. The first-order valence-electron chi connectivity index (χ1n) is 8.34. The smallest absolute Gasteiger partial charge is 0.337 e. The lowest BCUT2D eigenvalue weighted by Gasteiger charge is -2.31. The highest BCUT2D eigenvalue weighted by molar-refractivity contribution is 5.95. The van der Waals surface area contributed by atoms with Crippen LogP contribution in [-0.4, -0.2) is 49.1 Å². The number of hydrogen-bond donors (Lipinski definition) is 2. The number of ether oxygens (including phenoxy) is 1. The number of aromatic amines is 1. The predicted molar refractivity (Wildman–Crippen MR) is 91.7 cm³/mol. The van der Waals surface area contributed by atoms with Gasteiger partial charge in [-0.15, -0.1) is 0 Å². The second kappa shape index (κ2) is 7.15. The summed E-state index contributed by atoms with van der Waals surface area (Å²) in [5.74, 6) is 0.290. The number of esters is 1. The van der Waals surface area contributed by atoms with Gasteiger partial charge in [0.1, 0.15) is 0 Å². The van der Waals surface area contributed by atoms with Crippen LogP contribution >= 0.6 is 0 Å². The Morgan fingerprint density at radius 1 is 1.39 bits per heavy atom. The molecule has 2 aromatic rings. The highest BCUT2D eigenvalue weighted by Crippen LogP contribution is 2.33. The summed E-state index contributed by atoms with van der Waals surface area (Å²) in [6.07, 6.45) is 5.53. The Balaban J connectivity index is 1.73. The van der Waals surface area contributed by atoms with E-state index in [0.717, 1.165) is 38.1 Å².